The van der Waals surface area contributed by atoms with Crippen molar-refractivity contribution in [2.75, 3.05) is 37.6 Å². The van der Waals surface area contributed by atoms with E-state index >= 15 is 0 Å². The van der Waals surface area contributed by atoms with Gasteiger partial charge in [-0.05, 0) is 37.7 Å². The molecular weight excluding hydrogens is 252 g/mol. The highest BCUT2D eigenvalue weighted by Gasteiger charge is 2.29. The van der Waals surface area contributed by atoms with Crippen molar-refractivity contribution in [3.05, 3.63) is 23.8 Å². The molecule has 1 aliphatic rings. The number of nitrogens with two attached hydrogens (primary N) is 2. The monoisotopic (exact) mass is 276 g/mol. The summed E-state index contributed by atoms with van der Waals surface area (Å²) < 4.78 is 0. The number of hydrogen-bond acceptors (Lipinski definition) is 4. The van der Waals surface area contributed by atoms with E-state index in [1.165, 1.54) is 0 Å². The molecule has 1 heterocycles. The fourth-order valence-electron chi connectivity index (χ4n) is 2.95. The third-order valence-corrected chi connectivity index (χ3v) is 4.00. The maximum absolute atomic E-state index is 12.5. The zero-order chi connectivity index (χ0) is 14.7. The summed E-state index contributed by atoms with van der Waals surface area (Å²) in [6.45, 7) is 7.95. The molecule has 4 N–H and O–H groups in total. The molecule has 1 amide bonds. The minimum absolute atomic E-state index is 0.0265. The van der Waals surface area contributed by atoms with Crippen LogP contribution < -0.4 is 11.5 Å². The van der Waals surface area contributed by atoms with Gasteiger partial charge in [0, 0.05) is 36.1 Å². The molecule has 5 heteroatoms. The second-order valence-corrected chi connectivity index (χ2v) is 5.30. The van der Waals surface area contributed by atoms with Gasteiger partial charge in [-0.15, -0.1) is 0 Å². The molecule has 0 saturated carbocycles. The average Bonchev–Trinajstić information content (AvgIpc) is 2.88. The van der Waals surface area contributed by atoms with Gasteiger partial charge in [-0.1, -0.05) is 13.8 Å². The van der Waals surface area contributed by atoms with E-state index in [4.69, 9.17) is 11.5 Å². The second kappa shape index (κ2) is 6.13. The summed E-state index contributed by atoms with van der Waals surface area (Å²) in [6, 6.07) is 5.53. The molecule has 2 rings (SSSR count). The Kier molecular flexibility index (Phi) is 4.49. The van der Waals surface area contributed by atoms with Gasteiger partial charge in [0.25, 0.3) is 5.91 Å². The highest BCUT2D eigenvalue weighted by atomic mass is 16.2. The standard InChI is InChI=1S/C15H24N4O/c1-3-18(4-2)14-5-6-19(10-14)15(20)11-7-12(16)9-13(17)8-11/h7-9,14H,3-6,10,16-17H2,1-2H3. The maximum Gasteiger partial charge on any atom is 0.254 e. The molecule has 0 aromatic heterocycles. The van der Waals surface area contributed by atoms with Crippen LogP contribution in [0.15, 0.2) is 18.2 Å². The van der Waals surface area contributed by atoms with E-state index in [9.17, 15) is 4.79 Å². The number of anilines is 2. The van der Waals surface area contributed by atoms with Crippen LogP contribution in [0.3, 0.4) is 0 Å². The number of hydrogen-bond donors (Lipinski definition) is 2. The minimum Gasteiger partial charge on any atom is -0.399 e. The Bertz CT molecular complexity index is 465. The Morgan fingerprint density at radius 3 is 2.40 bits per heavy atom. The minimum atomic E-state index is 0.0265. The van der Waals surface area contributed by atoms with Gasteiger partial charge in [0.15, 0.2) is 0 Å². The lowest BCUT2D eigenvalue weighted by atomic mass is 10.1. The van der Waals surface area contributed by atoms with Gasteiger partial charge in [0.2, 0.25) is 0 Å². The van der Waals surface area contributed by atoms with Crippen LogP contribution in [-0.2, 0) is 0 Å². The van der Waals surface area contributed by atoms with E-state index in [0.717, 1.165) is 32.6 Å². The number of rotatable bonds is 4. The molecule has 5 nitrogen and oxygen atoms in total. The molecule has 0 radical (unpaired) electrons. The molecule has 1 aliphatic heterocycles. The van der Waals surface area contributed by atoms with E-state index in [0.29, 0.717) is 23.0 Å². The molecule has 1 atom stereocenters. The number of amides is 1. The van der Waals surface area contributed by atoms with Crippen LogP contribution in [0.5, 0.6) is 0 Å². The van der Waals surface area contributed by atoms with Crippen LogP contribution in [0.1, 0.15) is 30.6 Å². The predicted molar refractivity (Wildman–Crippen MR) is 82.5 cm³/mol. The van der Waals surface area contributed by atoms with Gasteiger partial charge in [-0.3, -0.25) is 9.69 Å². The van der Waals surface area contributed by atoms with Crippen molar-refractivity contribution in [1.29, 1.82) is 0 Å². The highest BCUT2D eigenvalue weighted by Crippen LogP contribution is 2.20. The predicted octanol–water partition coefficient (Wildman–Crippen LogP) is 1.41. The Balaban J connectivity index is 2.07. The third-order valence-electron chi connectivity index (χ3n) is 4.00. The fraction of sp³-hybridized carbons (Fsp3) is 0.533. The lowest BCUT2D eigenvalue weighted by molar-refractivity contribution is 0.0778. The number of nitrogens with zero attached hydrogens (tertiary/aromatic N) is 2. The highest BCUT2D eigenvalue weighted by molar-refractivity contribution is 5.96. The molecule has 110 valence electrons. The van der Waals surface area contributed by atoms with E-state index in [1.807, 2.05) is 4.90 Å². The molecule has 20 heavy (non-hydrogen) atoms. The van der Waals surface area contributed by atoms with Crippen molar-refractivity contribution in [3.63, 3.8) is 0 Å². The van der Waals surface area contributed by atoms with Crippen LogP contribution in [0.4, 0.5) is 11.4 Å². The molecule has 1 fully saturated rings. The van der Waals surface area contributed by atoms with Crippen molar-refractivity contribution >= 4 is 17.3 Å². The number of carbonyl (C=O) groups excluding carboxylic acids is 1. The summed E-state index contributed by atoms with van der Waals surface area (Å²) in [5.41, 5.74) is 13.2. The maximum atomic E-state index is 12.5. The van der Waals surface area contributed by atoms with Gasteiger partial charge in [-0.2, -0.15) is 0 Å². The van der Waals surface area contributed by atoms with E-state index in [1.54, 1.807) is 18.2 Å². The van der Waals surface area contributed by atoms with Crippen molar-refractivity contribution < 1.29 is 4.79 Å². The van der Waals surface area contributed by atoms with Gasteiger partial charge >= 0.3 is 0 Å². The fourth-order valence-corrected chi connectivity index (χ4v) is 2.95. The van der Waals surface area contributed by atoms with Gasteiger partial charge in [0.05, 0.1) is 0 Å². The number of likely N-dealkylation sites (tertiary alicyclic amines) is 1. The first-order valence-corrected chi connectivity index (χ1v) is 7.24. The molecule has 0 aliphatic carbocycles. The first-order chi connectivity index (χ1) is 9.55. The van der Waals surface area contributed by atoms with Gasteiger partial charge in [-0.25, -0.2) is 0 Å². The first-order valence-electron chi connectivity index (χ1n) is 7.24. The summed E-state index contributed by atoms with van der Waals surface area (Å²) in [7, 11) is 0. The molecule has 0 bridgehead atoms. The van der Waals surface area contributed by atoms with Crippen LogP contribution in [0, 0.1) is 0 Å². The summed E-state index contributed by atoms with van der Waals surface area (Å²) in [5, 5.41) is 0. The summed E-state index contributed by atoms with van der Waals surface area (Å²) >= 11 is 0. The third kappa shape index (κ3) is 3.04. The number of carbonyl (C=O) groups is 1. The van der Waals surface area contributed by atoms with E-state index < -0.39 is 0 Å². The lowest BCUT2D eigenvalue weighted by Crippen LogP contribution is -2.38. The summed E-state index contributed by atoms with van der Waals surface area (Å²) in [5.74, 6) is 0.0265. The van der Waals surface area contributed by atoms with Crippen molar-refractivity contribution in [3.8, 4) is 0 Å². The molecule has 0 spiro atoms. The Morgan fingerprint density at radius 1 is 1.25 bits per heavy atom. The van der Waals surface area contributed by atoms with Crippen LogP contribution >= 0.6 is 0 Å². The average molecular weight is 276 g/mol. The first kappa shape index (κ1) is 14.7. The quantitative estimate of drug-likeness (QED) is 0.815. The molecular formula is C15H24N4O. The second-order valence-electron chi connectivity index (χ2n) is 5.30. The van der Waals surface area contributed by atoms with E-state index in [-0.39, 0.29) is 5.91 Å². The van der Waals surface area contributed by atoms with Crippen LogP contribution in [-0.4, -0.2) is 47.9 Å². The largest absolute Gasteiger partial charge is 0.399 e. The topological polar surface area (TPSA) is 75.6 Å². The van der Waals surface area contributed by atoms with Crippen molar-refractivity contribution in [2.45, 2.75) is 26.3 Å². The Morgan fingerprint density at radius 2 is 1.85 bits per heavy atom. The zero-order valence-electron chi connectivity index (χ0n) is 12.3. The van der Waals surface area contributed by atoms with Crippen LogP contribution in [0.25, 0.3) is 0 Å². The number of likely N-dealkylation sites (N-methyl/N-ethyl adjacent to an activating group) is 1. The Labute approximate surface area is 120 Å². The summed E-state index contributed by atoms with van der Waals surface area (Å²) in [4.78, 5) is 16.8. The SMILES string of the molecule is CCN(CC)C1CCN(C(=O)c2cc(N)cc(N)c2)C1. The molecule has 1 saturated heterocycles. The summed E-state index contributed by atoms with van der Waals surface area (Å²) in [6.07, 6.45) is 1.03. The molecule has 1 aromatic carbocycles. The smallest absolute Gasteiger partial charge is 0.254 e. The molecule has 1 unspecified atom stereocenters. The van der Waals surface area contributed by atoms with Gasteiger partial charge < -0.3 is 16.4 Å². The number of benzene rings is 1. The lowest BCUT2D eigenvalue weighted by Gasteiger charge is -2.26. The zero-order valence-corrected chi connectivity index (χ0v) is 12.3. The van der Waals surface area contributed by atoms with Crippen molar-refractivity contribution in [1.82, 2.24) is 9.80 Å². The van der Waals surface area contributed by atoms with E-state index in [2.05, 4.69) is 18.7 Å². The van der Waals surface area contributed by atoms with Gasteiger partial charge in [0.1, 0.15) is 0 Å². The van der Waals surface area contributed by atoms with Crippen LogP contribution in [0.2, 0.25) is 0 Å². The number of nitrogen functional groups attached to an aromatic ring is 2. The van der Waals surface area contributed by atoms with Crippen molar-refractivity contribution in [2.24, 2.45) is 0 Å². The normalized spacial score (nSPS) is 18.8. The molecule has 1 aromatic rings. The Hall–Kier alpha value is -1.75.